The van der Waals surface area contributed by atoms with Gasteiger partial charge in [0.25, 0.3) is 5.91 Å². The molecule has 0 unspecified atom stereocenters. The van der Waals surface area contributed by atoms with Crippen LogP contribution < -0.4 is 0 Å². The number of nitrogens with zero attached hydrogens (tertiary/aromatic N) is 3. The van der Waals surface area contributed by atoms with E-state index in [9.17, 15) is 4.79 Å². The second-order valence-electron chi connectivity index (χ2n) is 3.13. The predicted octanol–water partition coefficient (Wildman–Crippen LogP) is 1.46. The van der Waals surface area contributed by atoms with Gasteiger partial charge in [0.1, 0.15) is 6.54 Å². The summed E-state index contributed by atoms with van der Waals surface area (Å²) < 4.78 is 0. The first-order chi connectivity index (χ1) is 7.29. The van der Waals surface area contributed by atoms with Crippen molar-refractivity contribution >= 4 is 5.91 Å². The molecule has 1 aromatic heterocycles. The highest BCUT2D eigenvalue weighted by molar-refractivity contribution is 5.94. The number of aromatic nitrogens is 1. The minimum Gasteiger partial charge on any atom is -0.325 e. The molecular formula is C11H13N3O. The molecule has 0 fully saturated rings. The number of carbonyl (C=O) groups excluding carboxylic acids is 1. The van der Waals surface area contributed by atoms with Gasteiger partial charge in [0.05, 0.1) is 11.6 Å². The van der Waals surface area contributed by atoms with Crippen LogP contribution in [-0.2, 0) is 0 Å². The molecule has 15 heavy (non-hydrogen) atoms. The Balaban J connectivity index is 2.77. The van der Waals surface area contributed by atoms with Gasteiger partial charge >= 0.3 is 0 Å². The van der Waals surface area contributed by atoms with E-state index < -0.39 is 0 Å². The molecular weight excluding hydrogens is 190 g/mol. The highest BCUT2D eigenvalue weighted by Gasteiger charge is 2.13. The molecule has 0 bridgehead atoms. The summed E-state index contributed by atoms with van der Waals surface area (Å²) in [4.78, 5) is 17.3. The summed E-state index contributed by atoms with van der Waals surface area (Å²) in [6, 6.07) is 5.40. The van der Waals surface area contributed by atoms with Crippen LogP contribution in [0.15, 0.2) is 24.5 Å². The molecule has 0 aromatic carbocycles. The van der Waals surface area contributed by atoms with Crippen LogP contribution in [-0.4, -0.2) is 28.9 Å². The SMILES string of the molecule is CCCN(CC#N)C(=O)c1cccnc1. The van der Waals surface area contributed by atoms with Crippen molar-refractivity contribution in [3.05, 3.63) is 30.1 Å². The molecule has 1 amide bonds. The third-order valence-electron chi connectivity index (χ3n) is 1.95. The molecule has 0 saturated heterocycles. The van der Waals surface area contributed by atoms with Crippen molar-refractivity contribution in [2.75, 3.05) is 13.1 Å². The quantitative estimate of drug-likeness (QED) is 0.696. The van der Waals surface area contributed by atoms with E-state index in [1.54, 1.807) is 18.3 Å². The van der Waals surface area contributed by atoms with Crippen LogP contribution in [0.25, 0.3) is 0 Å². The van der Waals surface area contributed by atoms with E-state index in [1.807, 2.05) is 13.0 Å². The number of amides is 1. The van der Waals surface area contributed by atoms with Gasteiger partial charge in [-0.05, 0) is 18.6 Å². The molecule has 0 N–H and O–H groups in total. The maximum Gasteiger partial charge on any atom is 0.256 e. The Hall–Kier alpha value is -1.89. The van der Waals surface area contributed by atoms with Crippen molar-refractivity contribution in [1.29, 1.82) is 5.26 Å². The molecule has 1 heterocycles. The molecule has 0 saturated carbocycles. The van der Waals surface area contributed by atoms with Crippen molar-refractivity contribution in [3.8, 4) is 6.07 Å². The summed E-state index contributed by atoms with van der Waals surface area (Å²) in [5.41, 5.74) is 0.529. The average molecular weight is 203 g/mol. The number of pyridine rings is 1. The fourth-order valence-electron chi connectivity index (χ4n) is 1.28. The number of hydrogen-bond acceptors (Lipinski definition) is 3. The zero-order valence-electron chi connectivity index (χ0n) is 8.68. The smallest absolute Gasteiger partial charge is 0.256 e. The molecule has 0 radical (unpaired) electrons. The Morgan fingerprint density at radius 3 is 3.00 bits per heavy atom. The fraction of sp³-hybridized carbons (Fsp3) is 0.364. The van der Waals surface area contributed by atoms with E-state index in [4.69, 9.17) is 5.26 Å². The van der Waals surface area contributed by atoms with E-state index in [0.29, 0.717) is 12.1 Å². The highest BCUT2D eigenvalue weighted by atomic mass is 16.2. The van der Waals surface area contributed by atoms with Gasteiger partial charge in [-0.15, -0.1) is 0 Å². The van der Waals surface area contributed by atoms with Crippen LogP contribution in [0.3, 0.4) is 0 Å². The Morgan fingerprint density at radius 1 is 1.67 bits per heavy atom. The third kappa shape index (κ3) is 3.06. The Labute approximate surface area is 89.2 Å². The summed E-state index contributed by atoms with van der Waals surface area (Å²) >= 11 is 0. The summed E-state index contributed by atoms with van der Waals surface area (Å²) in [6.07, 6.45) is 3.97. The average Bonchev–Trinajstić information content (AvgIpc) is 2.29. The topological polar surface area (TPSA) is 57.0 Å². The maximum absolute atomic E-state index is 11.9. The van der Waals surface area contributed by atoms with Crippen molar-refractivity contribution in [1.82, 2.24) is 9.88 Å². The summed E-state index contributed by atoms with van der Waals surface area (Å²) in [6.45, 7) is 2.70. The molecule has 78 valence electrons. The summed E-state index contributed by atoms with van der Waals surface area (Å²) in [7, 11) is 0. The highest BCUT2D eigenvalue weighted by Crippen LogP contribution is 2.03. The Kier molecular flexibility index (Phi) is 4.30. The van der Waals surface area contributed by atoms with E-state index in [0.717, 1.165) is 6.42 Å². The van der Waals surface area contributed by atoms with E-state index >= 15 is 0 Å². The van der Waals surface area contributed by atoms with Gasteiger partial charge in [-0.2, -0.15) is 5.26 Å². The van der Waals surface area contributed by atoms with Gasteiger partial charge in [-0.3, -0.25) is 9.78 Å². The second-order valence-corrected chi connectivity index (χ2v) is 3.13. The largest absolute Gasteiger partial charge is 0.325 e. The van der Waals surface area contributed by atoms with Crippen molar-refractivity contribution in [2.45, 2.75) is 13.3 Å². The lowest BCUT2D eigenvalue weighted by atomic mass is 10.2. The number of rotatable bonds is 4. The molecule has 0 spiro atoms. The maximum atomic E-state index is 11.9. The van der Waals surface area contributed by atoms with Crippen molar-refractivity contribution in [3.63, 3.8) is 0 Å². The van der Waals surface area contributed by atoms with Gasteiger partial charge in [-0.1, -0.05) is 6.92 Å². The first-order valence-electron chi connectivity index (χ1n) is 4.85. The molecule has 0 aliphatic rings. The molecule has 1 aromatic rings. The van der Waals surface area contributed by atoms with Crippen LogP contribution in [0.5, 0.6) is 0 Å². The van der Waals surface area contributed by atoms with Crippen molar-refractivity contribution in [2.24, 2.45) is 0 Å². The minimum absolute atomic E-state index is 0.127. The second kappa shape index (κ2) is 5.76. The van der Waals surface area contributed by atoms with Gasteiger partial charge in [0, 0.05) is 18.9 Å². The minimum atomic E-state index is -0.133. The number of nitriles is 1. The molecule has 0 aliphatic heterocycles. The monoisotopic (exact) mass is 203 g/mol. The molecule has 0 aliphatic carbocycles. The first kappa shape index (κ1) is 11.2. The predicted molar refractivity (Wildman–Crippen MR) is 56.0 cm³/mol. The molecule has 1 rings (SSSR count). The normalized spacial score (nSPS) is 9.33. The third-order valence-corrected chi connectivity index (χ3v) is 1.95. The summed E-state index contributed by atoms with van der Waals surface area (Å²) in [5, 5.41) is 8.60. The van der Waals surface area contributed by atoms with Crippen LogP contribution >= 0.6 is 0 Å². The zero-order valence-corrected chi connectivity index (χ0v) is 8.68. The van der Waals surface area contributed by atoms with Gasteiger partial charge in [-0.25, -0.2) is 0 Å². The lowest BCUT2D eigenvalue weighted by Gasteiger charge is -2.18. The van der Waals surface area contributed by atoms with Gasteiger partial charge in [0.15, 0.2) is 0 Å². The fourth-order valence-corrected chi connectivity index (χ4v) is 1.28. The first-order valence-corrected chi connectivity index (χ1v) is 4.85. The summed E-state index contributed by atoms with van der Waals surface area (Å²) in [5.74, 6) is -0.133. The number of hydrogen-bond donors (Lipinski definition) is 0. The van der Waals surface area contributed by atoms with Crippen LogP contribution in [0, 0.1) is 11.3 Å². The van der Waals surface area contributed by atoms with Crippen LogP contribution in [0.1, 0.15) is 23.7 Å². The number of carbonyl (C=O) groups is 1. The van der Waals surface area contributed by atoms with Gasteiger partial charge in [0.2, 0.25) is 0 Å². The molecule has 4 nitrogen and oxygen atoms in total. The Morgan fingerprint density at radius 2 is 2.47 bits per heavy atom. The zero-order chi connectivity index (χ0) is 11.1. The van der Waals surface area contributed by atoms with Gasteiger partial charge < -0.3 is 4.90 Å². The standard InChI is InChI=1S/C11H13N3O/c1-2-7-14(8-5-12)11(15)10-4-3-6-13-9-10/h3-4,6,9H,2,7-8H2,1H3. The van der Waals surface area contributed by atoms with Crippen molar-refractivity contribution < 1.29 is 4.79 Å². The van der Waals surface area contributed by atoms with E-state index in [2.05, 4.69) is 4.98 Å². The molecule has 0 atom stereocenters. The Bertz CT molecular complexity index is 356. The lowest BCUT2D eigenvalue weighted by Crippen LogP contribution is -2.32. The van der Waals surface area contributed by atoms with E-state index in [-0.39, 0.29) is 12.5 Å². The van der Waals surface area contributed by atoms with Crippen LogP contribution in [0.2, 0.25) is 0 Å². The van der Waals surface area contributed by atoms with E-state index in [1.165, 1.54) is 11.1 Å². The molecule has 4 heteroatoms. The van der Waals surface area contributed by atoms with Crippen LogP contribution in [0.4, 0.5) is 0 Å². The lowest BCUT2D eigenvalue weighted by molar-refractivity contribution is 0.0775.